The lowest BCUT2D eigenvalue weighted by Gasteiger charge is -2.32. The van der Waals surface area contributed by atoms with Gasteiger partial charge in [0.2, 0.25) is 0 Å². The Morgan fingerprint density at radius 3 is 2.21 bits per heavy atom. The molecule has 1 heterocycles. The maximum Gasteiger partial charge on any atom is 0.316 e. The number of ether oxygens (including phenoxy) is 2. The van der Waals surface area contributed by atoms with Crippen molar-refractivity contribution in [3.05, 3.63) is 40.6 Å². The summed E-state index contributed by atoms with van der Waals surface area (Å²) in [5.74, 6) is -0.455. The number of amides is 1. The van der Waals surface area contributed by atoms with Crippen LogP contribution in [-0.2, 0) is 23.9 Å². The van der Waals surface area contributed by atoms with Crippen molar-refractivity contribution in [1.29, 1.82) is 0 Å². The van der Waals surface area contributed by atoms with Gasteiger partial charge in [-0.1, -0.05) is 18.2 Å². The van der Waals surface area contributed by atoms with Gasteiger partial charge in [0.15, 0.2) is 6.79 Å². The molecule has 1 aliphatic rings. The lowest BCUT2D eigenvalue weighted by molar-refractivity contribution is -0.243. The molecule has 6 nitrogen and oxygen atoms in total. The number of hydroxylamine groups is 2. The summed E-state index contributed by atoms with van der Waals surface area (Å²) in [6.07, 6.45) is 0. The summed E-state index contributed by atoms with van der Waals surface area (Å²) >= 11 is 0. The SMILES string of the molecule is CCOCON1C(=O)C(c2c(C)cccc2C)=C(OC(=O)C(C)(C)C)C1(C)C. The van der Waals surface area contributed by atoms with Gasteiger partial charge in [0.05, 0.1) is 11.0 Å². The van der Waals surface area contributed by atoms with Crippen LogP contribution in [0.5, 0.6) is 0 Å². The number of hydrogen-bond donors (Lipinski definition) is 0. The van der Waals surface area contributed by atoms with E-state index in [-0.39, 0.29) is 12.7 Å². The summed E-state index contributed by atoms with van der Waals surface area (Å²) in [6, 6.07) is 5.80. The van der Waals surface area contributed by atoms with Crippen LogP contribution in [-0.4, -0.2) is 35.9 Å². The van der Waals surface area contributed by atoms with E-state index in [9.17, 15) is 9.59 Å². The highest BCUT2D eigenvalue weighted by atomic mass is 16.8. The van der Waals surface area contributed by atoms with Crippen molar-refractivity contribution in [3.8, 4) is 0 Å². The molecule has 0 spiro atoms. The quantitative estimate of drug-likeness (QED) is 0.415. The summed E-state index contributed by atoms with van der Waals surface area (Å²) in [4.78, 5) is 31.7. The first kappa shape index (κ1) is 22.1. The second-order valence-electron chi connectivity index (χ2n) is 8.51. The number of esters is 1. The number of hydrogen-bond acceptors (Lipinski definition) is 5. The Hall–Kier alpha value is -2.18. The highest BCUT2D eigenvalue weighted by Gasteiger charge is 2.50. The molecule has 1 aromatic carbocycles. The lowest BCUT2D eigenvalue weighted by atomic mass is 9.92. The summed E-state index contributed by atoms with van der Waals surface area (Å²) in [6.45, 7) is 15.0. The van der Waals surface area contributed by atoms with E-state index in [1.165, 1.54) is 5.06 Å². The molecule has 0 bridgehead atoms. The minimum absolute atomic E-state index is 0.0633. The van der Waals surface area contributed by atoms with Crippen LogP contribution in [0.2, 0.25) is 0 Å². The predicted molar refractivity (Wildman–Crippen MR) is 107 cm³/mol. The largest absolute Gasteiger partial charge is 0.427 e. The first-order valence-electron chi connectivity index (χ1n) is 9.51. The fourth-order valence-electron chi connectivity index (χ4n) is 3.09. The average Bonchev–Trinajstić information content (AvgIpc) is 2.75. The van der Waals surface area contributed by atoms with Crippen LogP contribution in [0.1, 0.15) is 58.2 Å². The van der Waals surface area contributed by atoms with Gasteiger partial charge in [-0.25, -0.2) is 9.90 Å². The van der Waals surface area contributed by atoms with Crippen LogP contribution >= 0.6 is 0 Å². The Morgan fingerprint density at radius 2 is 1.71 bits per heavy atom. The van der Waals surface area contributed by atoms with Gasteiger partial charge in [-0.15, -0.1) is 0 Å². The van der Waals surface area contributed by atoms with Crippen molar-refractivity contribution >= 4 is 17.4 Å². The molecule has 28 heavy (non-hydrogen) atoms. The van der Waals surface area contributed by atoms with Gasteiger partial charge in [-0.05, 0) is 72.1 Å². The molecule has 0 N–H and O–H groups in total. The molecule has 1 aliphatic heterocycles. The standard InChI is InChI=1S/C22H31NO5/c1-9-26-13-27-23-19(24)17(16-14(2)11-10-12-15(16)3)18(22(23,7)8)28-20(25)21(4,5)6/h10-12H,9,13H2,1-8H3. The second kappa shape index (κ2) is 8.05. The maximum atomic E-state index is 13.4. The summed E-state index contributed by atoms with van der Waals surface area (Å²) in [5, 5.41) is 1.25. The zero-order valence-corrected chi connectivity index (χ0v) is 18.1. The van der Waals surface area contributed by atoms with Crippen LogP contribution in [0, 0.1) is 19.3 Å². The van der Waals surface area contributed by atoms with Crippen molar-refractivity contribution in [3.63, 3.8) is 0 Å². The molecule has 0 radical (unpaired) electrons. The van der Waals surface area contributed by atoms with E-state index in [1.807, 2.05) is 39.0 Å². The Balaban J connectivity index is 2.62. The highest BCUT2D eigenvalue weighted by molar-refractivity contribution is 6.23. The number of benzene rings is 1. The summed E-state index contributed by atoms with van der Waals surface area (Å²) < 4.78 is 11.1. The molecule has 2 rings (SSSR count). The number of rotatable bonds is 6. The molecule has 1 aromatic rings. The van der Waals surface area contributed by atoms with Crippen LogP contribution in [0.15, 0.2) is 24.0 Å². The highest BCUT2D eigenvalue weighted by Crippen LogP contribution is 2.43. The Morgan fingerprint density at radius 1 is 1.14 bits per heavy atom. The lowest BCUT2D eigenvalue weighted by Crippen LogP contribution is -2.45. The number of nitrogens with zero attached hydrogens (tertiary/aromatic N) is 1. The number of aryl methyl sites for hydroxylation is 2. The molecular formula is C22H31NO5. The van der Waals surface area contributed by atoms with Crippen LogP contribution < -0.4 is 0 Å². The van der Waals surface area contributed by atoms with Gasteiger partial charge in [0.1, 0.15) is 11.3 Å². The molecule has 0 saturated carbocycles. The number of carbonyl (C=O) groups is 2. The molecule has 6 heteroatoms. The third kappa shape index (κ3) is 4.13. The summed E-state index contributed by atoms with van der Waals surface area (Å²) in [5.41, 5.74) is 1.29. The van der Waals surface area contributed by atoms with E-state index in [1.54, 1.807) is 34.6 Å². The van der Waals surface area contributed by atoms with Gasteiger partial charge in [-0.3, -0.25) is 9.59 Å². The van der Waals surface area contributed by atoms with Crippen LogP contribution in [0.3, 0.4) is 0 Å². The Kier molecular flexibility index (Phi) is 6.36. The zero-order chi connectivity index (χ0) is 21.3. The van der Waals surface area contributed by atoms with E-state index < -0.39 is 16.9 Å². The van der Waals surface area contributed by atoms with Crippen molar-refractivity contribution < 1.29 is 23.9 Å². The van der Waals surface area contributed by atoms with E-state index in [0.29, 0.717) is 17.9 Å². The monoisotopic (exact) mass is 389 g/mol. The number of carbonyl (C=O) groups excluding carboxylic acids is 2. The maximum absolute atomic E-state index is 13.4. The van der Waals surface area contributed by atoms with Crippen molar-refractivity contribution in [2.24, 2.45) is 5.41 Å². The molecule has 0 aromatic heterocycles. The third-order valence-corrected chi connectivity index (χ3v) is 4.70. The molecule has 0 aliphatic carbocycles. The Bertz CT molecular complexity index is 781. The smallest absolute Gasteiger partial charge is 0.316 e. The van der Waals surface area contributed by atoms with Gasteiger partial charge >= 0.3 is 5.97 Å². The average molecular weight is 389 g/mol. The van der Waals surface area contributed by atoms with Gasteiger partial charge in [0, 0.05) is 6.61 Å². The molecule has 1 amide bonds. The molecule has 0 unspecified atom stereocenters. The Labute approximate surface area is 167 Å². The predicted octanol–water partition coefficient (Wildman–Crippen LogP) is 4.15. The van der Waals surface area contributed by atoms with Gasteiger partial charge < -0.3 is 9.47 Å². The third-order valence-electron chi connectivity index (χ3n) is 4.70. The first-order valence-corrected chi connectivity index (χ1v) is 9.51. The van der Waals surface area contributed by atoms with E-state index >= 15 is 0 Å². The van der Waals surface area contributed by atoms with Gasteiger partial charge in [-0.2, -0.15) is 0 Å². The molecule has 154 valence electrons. The van der Waals surface area contributed by atoms with E-state index in [2.05, 4.69) is 0 Å². The van der Waals surface area contributed by atoms with Crippen LogP contribution in [0.25, 0.3) is 5.57 Å². The van der Waals surface area contributed by atoms with Crippen LogP contribution in [0.4, 0.5) is 0 Å². The topological polar surface area (TPSA) is 65.1 Å². The minimum atomic E-state index is -0.973. The van der Waals surface area contributed by atoms with Crippen molar-refractivity contribution in [2.75, 3.05) is 13.4 Å². The zero-order valence-electron chi connectivity index (χ0n) is 18.1. The van der Waals surface area contributed by atoms with Gasteiger partial charge in [0.25, 0.3) is 5.91 Å². The molecular weight excluding hydrogens is 358 g/mol. The normalized spacial score (nSPS) is 16.7. The van der Waals surface area contributed by atoms with E-state index in [0.717, 1.165) is 16.7 Å². The minimum Gasteiger partial charge on any atom is -0.427 e. The first-order chi connectivity index (χ1) is 12.9. The van der Waals surface area contributed by atoms with Crippen molar-refractivity contribution in [1.82, 2.24) is 5.06 Å². The fourth-order valence-corrected chi connectivity index (χ4v) is 3.09. The fraction of sp³-hybridized carbons (Fsp3) is 0.545. The summed E-state index contributed by atoms with van der Waals surface area (Å²) in [7, 11) is 0. The van der Waals surface area contributed by atoms with Crippen molar-refractivity contribution in [2.45, 2.75) is 60.9 Å². The molecule has 0 fully saturated rings. The van der Waals surface area contributed by atoms with E-state index in [4.69, 9.17) is 14.3 Å². The molecule has 0 atom stereocenters. The molecule has 0 saturated heterocycles. The second-order valence-corrected chi connectivity index (χ2v) is 8.51.